The summed E-state index contributed by atoms with van der Waals surface area (Å²) in [6.45, 7) is 1.57. The zero-order chi connectivity index (χ0) is 20.8. The van der Waals surface area contributed by atoms with Gasteiger partial charge in [-0.25, -0.2) is 4.79 Å². The first-order chi connectivity index (χ1) is 13.1. The van der Waals surface area contributed by atoms with Crippen LogP contribution in [0.2, 0.25) is 0 Å². The Labute approximate surface area is 159 Å². The van der Waals surface area contributed by atoms with Gasteiger partial charge in [0.05, 0.1) is 16.8 Å². The lowest BCUT2D eigenvalue weighted by Gasteiger charge is -2.25. The molecule has 0 radical (unpaired) electrons. The van der Waals surface area contributed by atoms with E-state index in [2.05, 4.69) is 5.32 Å². The summed E-state index contributed by atoms with van der Waals surface area (Å²) in [5, 5.41) is 11.9. The molecule has 10 heteroatoms. The van der Waals surface area contributed by atoms with Gasteiger partial charge in [-0.2, -0.15) is 8.42 Å². The minimum absolute atomic E-state index is 0.0374. The van der Waals surface area contributed by atoms with E-state index in [0.717, 1.165) is 6.07 Å². The van der Waals surface area contributed by atoms with Crippen molar-refractivity contribution in [2.75, 3.05) is 11.1 Å². The Morgan fingerprint density at radius 1 is 1.14 bits per heavy atom. The van der Waals surface area contributed by atoms with Gasteiger partial charge in [-0.05, 0) is 12.5 Å². The highest BCUT2D eigenvalue weighted by Crippen LogP contribution is 2.39. The van der Waals surface area contributed by atoms with E-state index in [0.29, 0.717) is 0 Å². The number of rotatable bonds is 5. The summed E-state index contributed by atoms with van der Waals surface area (Å²) in [4.78, 5) is 36.6. The van der Waals surface area contributed by atoms with Gasteiger partial charge in [0.2, 0.25) is 0 Å². The van der Waals surface area contributed by atoms with E-state index in [1.54, 1.807) is 13.0 Å². The number of hydrogen-bond acceptors (Lipinski definition) is 7. The van der Waals surface area contributed by atoms with E-state index >= 15 is 0 Å². The second-order valence-electron chi connectivity index (χ2n) is 6.21. The quantitative estimate of drug-likeness (QED) is 0.365. The zero-order valence-electron chi connectivity index (χ0n) is 14.6. The summed E-state index contributed by atoms with van der Waals surface area (Å²) in [5.41, 5.74) is 4.57. The Morgan fingerprint density at radius 3 is 2.14 bits per heavy atom. The zero-order valence-corrected chi connectivity index (χ0v) is 15.4. The molecule has 146 valence electrons. The van der Waals surface area contributed by atoms with Crippen LogP contribution >= 0.6 is 0 Å². The molecule has 0 fully saturated rings. The van der Waals surface area contributed by atoms with Gasteiger partial charge in [0.25, 0.3) is 10.1 Å². The fraction of sp³-hybridized carbons (Fsp3) is 0.167. The predicted molar refractivity (Wildman–Crippen MR) is 99.3 cm³/mol. The molecule has 2 aromatic rings. The lowest BCUT2D eigenvalue weighted by molar-refractivity contribution is -0.137. The second-order valence-corrected chi connectivity index (χ2v) is 7.60. The molecule has 0 aliphatic heterocycles. The summed E-state index contributed by atoms with van der Waals surface area (Å²) in [6.07, 6.45) is 0.106. The van der Waals surface area contributed by atoms with E-state index in [9.17, 15) is 32.5 Å². The van der Waals surface area contributed by atoms with Crippen molar-refractivity contribution in [2.24, 2.45) is 0 Å². The van der Waals surface area contributed by atoms with Crippen molar-refractivity contribution in [3.63, 3.8) is 0 Å². The number of carbonyl (C=O) groups is 3. The highest BCUT2D eigenvalue weighted by atomic mass is 32.2. The van der Waals surface area contributed by atoms with Gasteiger partial charge in [0.1, 0.15) is 10.9 Å². The maximum atomic E-state index is 13.0. The smallest absolute Gasteiger partial charge is 0.326 e. The molecule has 0 heterocycles. The number of nitrogens with one attached hydrogen (secondary N) is 1. The van der Waals surface area contributed by atoms with Gasteiger partial charge in [-0.3, -0.25) is 14.1 Å². The van der Waals surface area contributed by atoms with Gasteiger partial charge in [0, 0.05) is 16.8 Å². The third-order valence-electron chi connectivity index (χ3n) is 4.51. The summed E-state index contributed by atoms with van der Waals surface area (Å²) >= 11 is 0. The number of nitrogen functional groups attached to an aromatic ring is 1. The van der Waals surface area contributed by atoms with Gasteiger partial charge in [0.15, 0.2) is 11.6 Å². The Balaban J connectivity index is 2.37. The molecule has 0 amide bonds. The van der Waals surface area contributed by atoms with E-state index in [1.165, 1.54) is 18.2 Å². The molecule has 0 saturated heterocycles. The monoisotopic (exact) mass is 404 g/mol. The highest BCUT2D eigenvalue weighted by Gasteiger charge is 2.37. The number of aliphatic carboxylic acids is 1. The third kappa shape index (κ3) is 3.02. The SMILES string of the molecule is CCC(Nc1cc(S(=O)(=O)O)c(N)c2c1C(=O)c1ccccc1C2=O)C(=O)O. The summed E-state index contributed by atoms with van der Waals surface area (Å²) in [6, 6.07) is 5.63. The molecule has 0 spiro atoms. The van der Waals surface area contributed by atoms with Crippen LogP contribution in [0.1, 0.15) is 45.2 Å². The largest absolute Gasteiger partial charge is 0.480 e. The molecule has 1 aliphatic carbocycles. The van der Waals surface area contributed by atoms with Gasteiger partial charge in [-0.15, -0.1) is 0 Å². The number of carboxylic acids is 1. The molecular formula is C18H16N2O7S. The van der Waals surface area contributed by atoms with E-state index < -0.39 is 44.3 Å². The Morgan fingerprint density at radius 2 is 1.68 bits per heavy atom. The van der Waals surface area contributed by atoms with Crippen LogP contribution in [0.3, 0.4) is 0 Å². The number of anilines is 2. The van der Waals surface area contributed by atoms with Crippen molar-refractivity contribution < 1.29 is 32.5 Å². The molecule has 28 heavy (non-hydrogen) atoms. The average molecular weight is 404 g/mol. The van der Waals surface area contributed by atoms with Crippen LogP contribution < -0.4 is 11.1 Å². The molecule has 0 aromatic heterocycles. The van der Waals surface area contributed by atoms with Gasteiger partial charge in [-0.1, -0.05) is 31.2 Å². The molecule has 1 aliphatic rings. The third-order valence-corrected chi connectivity index (χ3v) is 5.41. The molecule has 2 aromatic carbocycles. The minimum atomic E-state index is -4.85. The van der Waals surface area contributed by atoms with Crippen LogP contribution in [0.5, 0.6) is 0 Å². The number of nitrogens with two attached hydrogens (primary N) is 1. The number of hydrogen-bond donors (Lipinski definition) is 4. The van der Waals surface area contributed by atoms with Crippen molar-refractivity contribution in [3.8, 4) is 0 Å². The Bertz CT molecular complexity index is 1140. The molecule has 1 unspecified atom stereocenters. The van der Waals surface area contributed by atoms with Crippen LogP contribution in [0.15, 0.2) is 35.2 Å². The lowest BCUT2D eigenvalue weighted by Crippen LogP contribution is -2.31. The normalized spacial score (nSPS) is 14.2. The number of carbonyl (C=O) groups excluding carboxylic acids is 2. The fourth-order valence-corrected chi connectivity index (χ4v) is 3.79. The van der Waals surface area contributed by atoms with Gasteiger partial charge < -0.3 is 16.2 Å². The van der Waals surface area contributed by atoms with E-state index in [-0.39, 0.29) is 34.4 Å². The maximum absolute atomic E-state index is 13.0. The van der Waals surface area contributed by atoms with E-state index in [4.69, 9.17) is 5.73 Å². The molecular weight excluding hydrogens is 388 g/mol. The summed E-state index contributed by atoms with van der Waals surface area (Å²) < 4.78 is 33.0. The maximum Gasteiger partial charge on any atom is 0.326 e. The average Bonchev–Trinajstić information content (AvgIpc) is 2.63. The number of ketones is 2. The minimum Gasteiger partial charge on any atom is -0.480 e. The molecule has 9 nitrogen and oxygen atoms in total. The van der Waals surface area contributed by atoms with E-state index in [1.807, 2.05) is 0 Å². The fourth-order valence-electron chi connectivity index (χ4n) is 3.15. The first kappa shape index (κ1) is 19.5. The first-order valence-corrected chi connectivity index (χ1v) is 9.63. The van der Waals surface area contributed by atoms with Crippen molar-refractivity contribution in [3.05, 3.63) is 52.6 Å². The summed E-state index contributed by atoms with van der Waals surface area (Å²) in [7, 11) is -4.85. The molecule has 3 rings (SSSR count). The topological polar surface area (TPSA) is 164 Å². The highest BCUT2D eigenvalue weighted by molar-refractivity contribution is 7.86. The van der Waals surface area contributed by atoms with Crippen LogP contribution in [-0.4, -0.2) is 41.7 Å². The number of carboxylic acid groups (broad SMARTS) is 1. The Kier molecular flexibility index (Phi) is 4.69. The van der Waals surface area contributed by atoms with Crippen molar-refractivity contribution in [2.45, 2.75) is 24.3 Å². The van der Waals surface area contributed by atoms with Gasteiger partial charge >= 0.3 is 5.97 Å². The van der Waals surface area contributed by atoms with Crippen LogP contribution in [0.25, 0.3) is 0 Å². The number of fused-ring (bicyclic) bond motifs is 2. The van der Waals surface area contributed by atoms with Crippen molar-refractivity contribution in [1.82, 2.24) is 0 Å². The van der Waals surface area contributed by atoms with Crippen molar-refractivity contribution in [1.29, 1.82) is 0 Å². The molecule has 0 saturated carbocycles. The molecule has 0 bridgehead atoms. The first-order valence-electron chi connectivity index (χ1n) is 8.19. The van der Waals surface area contributed by atoms with Crippen LogP contribution in [0, 0.1) is 0 Å². The summed E-state index contributed by atoms with van der Waals surface area (Å²) in [5.74, 6) is -2.54. The van der Waals surface area contributed by atoms with Crippen LogP contribution in [-0.2, 0) is 14.9 Å². The molecule has 1 atom stereocenters. The second kappa shape index (κ2) is 6.73. The van der Waals surface area contributed by atoms with Crippen molar-refractivity contribution >= 4 is 39.0 Å². The molecule has 5 N–H and O–H groups in total. The Hall–Kier alpha value is -3.24. The predicted octanol–water partition coefficient (Wildman–Crippen LogP) is 1.57. The lowest BCUT2D eigenvalue weighted by atomic mass is 9.82. The standard InChI is InChI=1S/C18H16N2O7S/c1-2-10(18(23)24)20-11-7-12(28(25,26)27)15(19)14-13(11)16(21)8-5-3-4-6-9(8)17(14)22/h3-7,10,20H,2,19H2,1H3,(H,23,24)(H,25,26,27). The van der Waals surface area contributed by atoms with Crippen LogP contribution in [0.4, 0.5) is 11.4 Å². The number of benzene rings is 2.